The molecule has 0 amide bonds. The smallest absolute Gasteiger partial charge is 0.303 e. The molecule has 1 aromatic heterocycles. The minimum atomic E-state index is -0.762. The van der Waals surface area contributed by atoms with Crippen molar-refractivity contribution in [2.45, 2.75) is 44.6 Å². The summed E-state index contributed by atoms with van der Waals surface area (Å²) in [5, 5.41) is 12.4. The van der Waals surface area contributed by atoms with E-state index in [-0.39, 0.29) is 18.8 Å². The standard InChI is InChI=1S/C28H29F2N3O3/c1-18-14-21(8-11-31-18)27(32-36)17-25(24-7-4-22(29)16-26(24)30)20-2-5-23(6-3-20)33-12-9-19(10-13-33)15-28(34)35/h2-8,11,14,16,19,25,27H,9-10,12-13,15,17H2,1H3,(H,34,35)/t25-,27?/m0/s1. The van der Waals surface area contributed by atoms with E-state index in [1.165, 1.54) is 12.1 Å². The predicted molar refractivity (Wildman–Crippen MR) is 134 cm³/mol. The summed E-state index contributed by atoms with van der Waals surface area (Å²) in [7, 11) is 0. The van der Waals surface area contributed by atoms with Gasteiger partial charge in [-0.3, -0.25) is 9.78 Å². The quantitative estimate of drug-likeness (QED) is 0.349. The molecule has 8 heteroatoms. The number of anilines is 1. The molecule has 6 nitrogen and oxygen atoms in total. The first-order chi connectivity index (χ1) is 17.3. The Morgan fingerprint density at radius 1 is 1.08 bits per heavy atom. The zero-order chi connectivity index (χ0) is 25.7. The lowest BCUT2D eigenvalue weighted by Gasteiger charge is -2.33. The van der Waals surface area contributed by atoms with Crippen LogP contribution in [0.3, 0.4) is 0 Å². The maximum absolute atomic E-state index is 14.9. The summed E-state index contributed by atoms with van der Waals surface area (Å²) >= 11 is 0. The molecule has 0 aliphatic carbocycles. The lowest BCUT2D eigenvalue weighted by molar-refractivity contribution is -0.138. The number of carboxylic acid groups (broad SMARTS) is 1. The molecule has 1 fully saturated rings. The zero-order valence-corrected chi connectivity index (χ0v) is 20.1. The molecular formula is C28H29F2N3O3. The van der Waals surface area contributed by atoms with Gasteiger partial charge in [0.15, 0.2) is 0 Å². The Kier molecular flexibility index (Phi) is 8.03. The van der Waals surface area contributed by atoms with Crippen molar-refractivity contribution >= 4 is 11.7 Å². The first-order valence-corrected chi connectivity index (χ1v) is 12.1. The summed E-state index contributed by atoms with van der Waals surface area (Å²) in [6.07, 6.45) is 3.66. The minimum Gasteiger partial charge on any atom is -0.481 e. The second-order valence-corrected chi connectivity index (χ2v) is 9.43. The number of pyridine rings is 1. The third-order valence-electron chi connectivity index (χ3n) is 6.97. The van der Waals surface area contributed by atoms with Gasteiger partial charge in [-0.1, -0.05) is 23.4 Å². The summed E-state index contributed by atoms with van der Waals surface area (Å²) in [5.41, 5.74) is 3.55. The van der Waals surface area contributed by atoms with Crippen molar-refractivity contribution in [1.82, 2.24) is 4.98 Å². The number of halogens is 2. The van der Waals surface area contributed by atoms with E-state index in [9.17, 15) is 18.5 Å². The molecule has 1 aliphatic rings. The van der Waals surface area contributed by atoms with Gasteiger partial charge in [0.25, 0.3) is 0 Å². The number of benzene rings is 2. The SMILES string of the molecule is Cc1cc(C(C[C@@H](c2ccc(N3CCC(CC(=O)O)CC3)cc2)c2ccc(F)cc2F)N=O)ccn1. The van der Waals surface area contributed by atoms with Gasteiger partial charge in [-0.2, -0.15) is 4.91 Å². The summed E-state index contributed by atoms with van der Waals surface area (Å²) in [6, 6.07) is 14.0. The van der Waals surface area contributed by atoms with Crippen LogP contribution in [0, 0.1) is 29.4 Å². The van der Waals surface area contributed by atoms with E-state index in [1.54, 1.807) is 18.3 Å². The van der Waals surface area contributed by atoms with Gasteiger partial charge in [-0.25, -0.2) is 8.78 Å². The van der Waals surface area contributed by atoms with Crippen LogP contribution in [0.5, 0.6) is 0 Å². The van der Waals surface area contributed by atoms with Crippen LogP contribution in [0.25, 0.3) is 0 Å². The van der Waals surface area contributed by atoms with Crippen LogP contribution in [0.4, 0.5) is 14.5 Å². The fraction of sp³-hybridized carbons (Fsp3) is 0.357. The van der Waals surface area contributed by atoms with Crippen molar-refractivity contribution in [2.24, 2.45) is 11.1 Å². The number of rotatable bonds is 9. The van der Waals surface area contributed by atoms with Crippen molar-refractivity contribution in [2.75, 3.05) is 18.0 Å². The number of hydrogen-bond acceptors (Lipinski definition) is 5. The largest absolute Gasteiger partial charge is 0.481 e. The number of nitrogens with zero attached hydrogens (tertiary/aromatic N) is 3. The minimum absolute atomic E-state index is 0.188. The van der Waals surface area contributed by atoms with Crippen LogP contribution >= 0.6 is 0 Å². The van der Waals surface area contributed by atoms with Gasteiger partial charge < -0.3 is 10.0 Å². The second kappa shape index (κ2) is 11.4. The highest BCUT2D eigenvalue weighted by Gasteiger charge is 2.26. The van der Waals surface area contributed by atoms with Crippen LogP contribution in [-0.4, -0.2) is 29.1 Å². The molecule has 1 unspecified atom stereocenters. The van der Waals surface area contributed by atoms with Crippen LogP contribution < -0.4 is 4.90 Å². The molecule has 1 saturated heterocycles. The van der Waals surface area contributed by atoms with E-state index in [1.807, 2.05) is 31.2 Å². The molecule has 188 valence electrons. The molecule has 0 saturated carbocycles. The Bertz CT molecular complexity index is 1210. The average molecular weight is 494 g/mol. The molecule has 3 aromatic rings. The Morgan fingerprint density at radius 2 is 1.81 bits per heavy atom. The second-order valence-electron chi connectivity index (χ2n) is 9.43. The highest BCUT2D eigenvalue weighted by atomic mass is 19.1. The van der Waals surface area contributed by atoms with E-state index in [0.717, 1.165) is 48.9 Å². The molecule has 0 radical (unpaired) electrons. The lowest BCUT2D eigenvalue weighted by Crippen LogP contribution is -2.34. The molecule has 4 rings (SSSR count). The number of carbonyl (C=O) groups is 1. The lowest BCUT2D eigenvalue weighted by atomic mass is 9.84. The molecular weight excluding hydrogens is 464 g/mol. The van der Waals surface area contributed by atoms with Gasteiger partial charge in [0.1, 0.15) is 17.7 Å². The number of aromatic nitrogens is 1. The van der Waals surface area contributed by atoms with Crippen molar-refractivity contribution in [3.63, 3.8) is 0 Å². The molecule has 2 atom stereocenters. The number of nitroso groups, excluding NO2 is 1. The first kappa shape index (κ1) is 25.4. The summed E-state index contributed by atoms with van der Waals surface area (Å²) in [5.74, 6) is -2.42. The maximum Gasteiger partial charge on any atom is 0.303 e. The van der Waals surface area contributed by atoms with E-state index in [4.69, 9.17) is 5.11 Å². The number of carboxylic acids is 1. The van der Waals surface area contributed by atoms with E-state index in [2.05, 4.69) is 15.1 Å². The van der Waals surface area contributed by atoms with Gasteiger partial charge in [-0.15, -0.1) is 0 Å². The predicted octanol–water partition coefficient (Wildman–Crippen LogP) is 6.39. The molecule has 0 bridgehead atoms. The Morgan fingerprint density at radius 3 is 2.42 bits per heavy atom. The van der Waals surface area contributed by atoms with Gasteiger partial charge in [0, 0.05) is 49.1 Å². The topological polar surface area (TPSA) is 82.9 Å². The summed E-state index contributed by atoms with van der Waals surface area (Å²) < 4.78 is 28.5. The third kappa shape index (κ3) is 6.11. The fourth-order valence-electron chi connectivity index (χ4n) is 5.02. The van der Waals surface area contributed by atoms with Crippen molar-refractivity contribution in [1.29, 1.82) is 0 Å². The number of aliphatic carboxylic acids is 1. The number of hydrogen-bond donors (Lipinski definition) is 1. The normalized spacial score (nSPS) is 15.9. The van der Waals surface area contributed by atoms with Crippen molar-refractivity contribution in [3.05, 3.63) is 99.7 Å². The molecule has 36 heavy (non-hydrogen) atoms. The summed E-state index contributed by atoms with van der Waals surface area (Å²) in [4.78, 5) is 29.2. The fourth-order valence-corrected chi connectivity index (χ4v) is 5.02. The highest BCUT2D eigenvalue weighted by Crippen LogP contribution is 2.38. The van der Waals surface area contributed by atoms with Crippen LogP contribution in [-0.2, 0) is 4.79 Å². The van der Waals surface area contributed by atoms with Crippen LogP contribution in [0.2, 0.25) is 0 Å². The Labute approximate surface area is 209 Å². The monoisotopic (exact) mass is 493 g/mol. The van der Waals surface area contributed by atoms with Crippen LogP contribution in [0.15, 0.2) is 66.0 Å². The molecule has 2 heterocycles. The number of piperidine rings is 1. The third-order valence-corrected chi connectivity index (χ3v) is 6.97. The average Bonchev–Trinajstić information content (AvgIpc) is 2.86. The first-order valence-electron chi connectivity index (χ1n) is 12.1. The Balaban J connectivity index is 1.59. The molecule has 0 spiro atoms. The molecule has 1 aliphatic heterocycles. The van der Waals surface area contributed by atoms with Gasteiger partial charge in [-0.05, 0) is 79.1 Å². The van der Waals surface area contributed by atoms with Crippen molar-refractivity contribution in [3.8, 4) is 0 Å². The zero-order valence-electron chi connectivity index (χ0n) is 20.1. The van der Waals surface area contributed by atoms with Crippen molar-refractivity contribution < 1.29 is 18.7 Å². The van der Waals surface area contributed by atoms with E-state index in [0.29, 0.717) is 11.1 Å². The summed E-state index contributed by atoms with van der Waals surface area (Å²) in [6.45, 7) is 3.36. The molecule has 1 N–H and O–H groups in total. The van der Waals surface area contributed by atoms with Gasteiger partial charge >= 0.3 is 5.97 Å². The van der Waals surface area contributed by atoms with E-state index < -0.39 is 29.6 Å². The van der Waals surface area contributed by atoms with E-state index >= 15 is 0 Å². The van der Waals surface area contributed by atoms with Crippen LogP contribution in [0.1, 0.15) is 60.0 Å². The highest BCUT2D eigenvalue weighted by molar-refractivity contribution is 5.67. The Hall–Kier alpha value is -3.68. The van der Waals surface area contributed by atoms with Gasteiger partial charge in [0.05, 0.1) is 0 Å². The van der Waals surface area contributed by atoms with Gasteiger partial charge in [0.2, 0.25) is 0 Å². The maximum atomic E-state index is 14.9. The number of aryl methyl sites for hydroxylation is 1. The molecule has 2 aromatic carbocycles.